The van der Waals surface area contributed by atoms with Gasteiger partial charge in [-0.1, -0.05) is 23.7 Å². The highest BCUT2D eigenvalue weighted by atomic mass is 35.5. The van der Waals surface area contributed by atoms with Crippen LogP contribution < -0.4 is 10.4 Å². The molecule has 0 aliphatic carbocycles. The van der Waals surface area contributed by atoms with Gasteiger partial charge in [-0.05, 0) is 48.0 Å². The van der Waals surface area contributed by atoms with E-state index < -0.39 is 35.3 Å². The van der Waals surface area contributed by atoms with Crippen molar-refractivity contribution < 1.29 is 26.0 Å². The van der Waals surface area contributed by atoms with Crippen LogP contribution in [0.1, 0.15) is 5.56 Å². The monoisotopic (exact) mass is 454 g/mol. The number of halogens is 1. The number of fused-ring (bicyclic) bond motifs is 1. The van der Waals surface area contributed by atoms with E-state index >= 15 is 0 Å². The molecular weight excluding hydrogens is 440 g/mol. The number of benzene rings is 2. The van der Waals surface area contributed by atoms with Gasteiger partial charge in [0, 0.05) is 15.8 Å². The number of hydrogen-bond donors (Lipinski definition) is 0. The van der Waals surface area contributed by atoms with E-state index in [1.54, 1.807) is 24.3 Å². The predicted octanol–water partition coefficient (Wildman–Crippen LogP) is 3.27. The smallest absolute Gasteiger partial charge is 0.355 e. The molecule has 2 aromatic carbocycles. The molecule has 0 amide bonds. The number of methoxy groups -OCH3 is 1. The van der Waals surface area contributed by atoms with Crippen LogP contribution in [0.4, 0.5) is 0 Å². The number of sulfone groups is 2. The second-order valence-electron chi connectivity index (χ2n) is 6.05. The molecule has 0 N–H and O–H groups in total. The molecule has 0 saturated heterocycles. The molecule has 0 spiro atoms. The van der Waals surface area contributed by atoms with Crippen molar-refractivity contribution in [1.29, 1.82) is 0 Å². The van der Waals surface area contributed by atoms with Crippen LogP contribution in [0.25, 0.3) is 17.0 Å². The van der Waals surface area contributed by atoms with Gasteiger partial charge < -0.3 is 9.15 Å². The maximum Gasteiger partial charge on any atom is 0.355 e. The van der Waals surface area contributed by atoms with Gasteiger partial charge in [-0.25, -0.2) is 21.6 Å². The van der Waals surface area contributed by atoms with Gasteiger partial charge in [0.2, 0.25) is 0 Å². The van der Waals surface area contributed by atoms with Crippen molar-refractivity contribution in [2.24, 2.45) is 0 Å². The van der Waals surface area contributed by atoms with E-state index in [0.717, 1.165) is 11.5 Å². The van der Waals surface area contributed by atoms with Crippen LogP contribution in [0.3, 0.4) is 0 Å². The van der Waals surface area contributed by atoms with Crippen LogP contribution in [0, 0.1) is 0 Å². The summed E-state index contributed by atoms with van der Waals surface area (Å²) in [5.41, 5.74) is -0.471. The Hall–Kier alpha value is -2.62. The third kappa shape index (κ3) is 5.06. The molecule has 3 aromatic rings. The number of hydrogen-bond acceptors (Lipinski definition) is 7. The summed E-state index contributed by atoms with van der Waals surface area (Å²) in [6.45, 7) is 0. The Morgan fingerprint density at radius 1 is 1.03 bits per heavy atom. The minimum atomic E-state index is -4.48. The van der Waals surface area contributed by atoms with E-state index in [2.05, 4.69) is 0 Å². The lowest BCUT2D eigenvalue weighted by Gasteiger charge is -2.04. The largest absolute Gasteiger partial charge is 0.497 e. The van der Waals surface area contributed by atoms with Crippen molar-refractivity contribution >= 4 is 48.3 Å². The predicted molar refractivity (Wildman–Crippen MR) is 110 cm³/mol. The molecule has 0 radical (unpaired) electrons. The zero-order valence-corrected chi connectivity index (χ0v) is 17.4. The zero-order valence-electron chi connectivity index (χ0n) is 15.0. The van der Waals surface area contributed by atoms with Crippen LogP contribution in [-0.4, -0.2) is 29.0 Å². The van der Waals surface area contributed by atoms with Gasteiger partial charge in [-0.15, -0.1) is 0 Å². The number of rotatable bonds is 6. The van der Waals surface area contributed by atoms with Gasteiger partial charge in [-0.2, -0.15) is 0 Å². The molecule has 152 valence electrons. The first-order chi connectivity index (χ1) is 13.6. The Morgan fingerprint density at radius 2 is 1.72 bits per heavy atom. The molecule has 0 atom stereocenters. The van der Waals surface area contributed by atoms with Crippen LogP contribution in [0.2, 0.25) is 5.02 Å². The Labute approximate surface area is 172 Å². The van der Waals surface area contributed by atoms with Gasteiger partial charge >= 0.3 is 5.63 Å². The van der Waals surface area contributed by atoms with Crippen molar-refractivity contribution in [2.45, 2.75) is 4.90 Å². The van der Waals surface area contributed by atoms with E-state index in [-0.39, 0.29) is 11.0 Å². The van der Waals surface area contributed by atoms with Gasteiger partial charge in [0.05, 0.1) is 7.11 Å². The SMILES string of the molecule is COc1ccc(/C=C/S(=O)(=O)CS(=O)(=O)c2cc3cc(Cl)ccc3oc2=O)cc1. The molecule has 29 heavy (non-hydrogen) atoms. The van der Waals surface area contributed by atoms with Crippen LogP contribution in [-0.2, 0) is 19.7 Å². The Bertz CT molecular complexity index is 1350. The van der Waals surface area contributed by atoms with Crippen molar-refractivity contribution in [3.05, 3.63) is 74.9 Å². The minimum Gasteiger partial charge on any atom is -0.497 e. The first kappa shape index (κ1) is 21.1. The molecule has 0 unspecified atom stereocenters. The van der Waals surface area contributed by atoms with Crippen molar-refractivity contribution in [3.8, 4) is 5.75 Å². The summed E-state index contributed by atoms with van der Waals surface area (Å²) in [6.07, 6.45) is 1.26. The van der Waals surface area contributed by atoms with Crippen molar-refractivity contribution in [1.82, 2.24) is 0 Å². The first-order valence-electron chi connectivity index (χ1n) is 8.11. The molecular formula is C19H15ClO7S2. The Balaban J connectivity index is 1.91. The fourth-order valence-corrected chi connectivity index (χ4v) is 6.21. The van der Waals surface area contributed by atoms with E-state index in [0.29, 0.717) is 16.3 Å². The summed E-state index contributed by atoms with van der Waals surface area (Å²) >= 11 is 5.87. The molecule has 0 bridgehead atoms. The Morgan fingerprint density at radius 3 is 2.38 bits per heavy atom. The molecule has 1 aromatic heterocycles. The van der Waals surface area contributed by atoms with Crippen molar-refractivity contribution in [2.75, 3.05) is 12.2 Å². The lowest BCUT2D eigenvalue weighted by molar-refractivity contribution is 0.415. The summed E-state index contributed by atoms with van der Waals surface area (Å²) in [5, 5.41) is 0.0849. The highest BCUT2D eigenvalue weighted by Crippen LogP contribution is 2.22. The summed E-state index contributed by atoms with van der Waals surface area (Å²) in [4.78, 5) is 11.3. The fourth-order valence-electron chi connectivity index (χ4n) is 2.51. The first-order valence-corrected chi connectivity index (χ1v) is 11.9. The topological polar surface area (TPSA) is 108 Å². The summed E-state index contributed by atoms with van der Waals surface area (Å²) in [5.74, 6) is 0.593. The molecule has 10 heteroatoms. The quantitative estimate of drug-likeness (QED) is 0.526. The normalized spacial score (nSPS) is 12.5. The van der Waals surface area contributed by atoms with Crippen LogP contribution in [0.5, 0.6) is 5.75 Å². The molecule has 0 aliphatic heterocycles. The molecule has 0 saturated carbocycles. The molecule has 7 nitrogen and oxygen atoms in total. The highest BCUT2D eigenvalue weighted by molar-refractivity contribution is 8.09. The second kappa shape index (κ2) is 8.02. The Kier molecular flexibility index (Phi) is 5.83. The molecule has 0 fully saturated rings. The zero-order chi connectivity index (χ0) is 21.2. The van der Waals surface area contributed by atoms with Gasteiger partial charge in [0.25, 0.3) is 0 Å². The maximum atomic E-state index is 12.6. The molecule has 3 rings (SSSR count). The highest BCUT2D eigenvalue weighted by Gasteiger charge is 2.26. The van der Waals surface area contributed by atoms with Crippen LogP contribution in [0.15, 0.2) is 68.0 Å². The van der Waals surface area contributed by atoms with Crippen LogP contribution >= 0.6 is 11.6 Å². The lowest BCUT2D eigenvalue weighted by Crippen LogP contribution is -2.21. The summed E-state index contributed by atoms with van der Waals surface area (Å²) in [7, 11) is -7.16. The second-order valence-corrected chi connectivity index (χ2v) is 10.7. The van der Waals surface area contributed by atoms with E-state index in [9.17, 15) is 21.6 Å². The van der Waals surface area contributed by atoms with E-state index in [4.69, 9.17) is 20.8 Å². The van der Waals surface area contributed by atoms with Gasteiger partial charge in [0.15, 0.2) is 29.7 Å². The standard InChI is InChI=1S/C19H15ClO7S2/c1-26-16-5-2-13(3-6-16)8-9-28(22,23)12-29(24,25)18-11-14-10-15(20)4-7-17(14)27-19(18)21/h2-11H,12H2,1H3/b9-8+. The van der Waals surface area contributed by atoms with Crippen molar-refractivity contribution in [3.63, 3.8) is 0 Å². The van der Waals surface area contributed by atoms with Gasteiger partial charge in [0.1, 0.15) is 11.3 Å². The lowest BCUT2D eigenvalue weighted by atomic mass is 10.2. The number of ether oxygens (including phenoxy) is 1. The molecule has 1 heterocycles. The minimum absolute atomic E-state index is 0.139. The maximum absolute atomic E-state index is 12.6. The third-order valence-corrected chi connectivity index (χ3v) is 8.20. The third-order valence-electron chi connectivity index (χ3n) is 3.90. The average Bonchev–Trinajstić information content (AvgIpc) is 2.65. The van der Waals surface area contributed by atoms with Gasteiger partial charge in [-0.3, -0.25) is 0 Å². The van der Waals surface area contributed by atoms with E-state index in [1.165, 1.54) is 31.4 Å². The van der Waals surface area contributed by atoms with E-state index in [1.807, 2.05) is 0 Å². The average molecular weight is 455 g/mol. The summed E-state index contributed by atoms with van der Waals surface area (Å²) < 4.78 is 59.7. The molecule has 0 aliphatic rings. The summed E-state index contributed by atoms with van der Waals surface area (Å²) in [6, 6.07) is 11.9. The fraction of sp³-hybridized carbons (Fsp3) is 0.105.